The number of H-pyrrole nitrogens is 1. The summed E-state index contributed by atoms with van der Waals surface area (Å²) >= 11 is 0. The molecule has 0 saturated carbocycles. The van der Waals surface area contributed by atoms with Crippen molar-refractivity contribution in [2.24, 2.45) is 5.73 Å². The summed E-state index contributed by atoms with van der Waals surface area (Å²) in [6, 6.07) is 3.94. The van der Waals surface area contributed by atoms with Crippen LogP contribution in [0, 0.1) is 0 Å². The minimum Gasteiger partial charge on any atom is -0.361 e. The van der Waals surface area contributed by atoms with Gasteiger partial charge in [0.05, 0.1) is 0 Å². The largest absolute Gasteiger partial charge is 0.361 e. The summed E-state index contributed by atoms with van der Waals surface area (Å²) in [5, 5.41) is 0. The fraction of sp³-hybridized carbons (Fsp3) is 0.273. The molecule has 5 nitrogen and oxygen atoms in total. The van der Waals surface area contributed by atoms with Crippen LogP contribution in [0.3, 0.4) is 0 Å². The van der Waals surface area contributed by atoms with Gasteiger partial charge >= 0.3 is 0 Å². The van der Waals surface area contributed by atoms with Crippen LogP contribution in [0.5, 0.6) is 0 Å². The van der Waals surface area contributed by atoms with Gasteiger partial charge in [-0.15, -0.1) is 0 Å². The minimum atomic E-state index is 0.595. The van der Waals surface area contributed by atoms with Crippen molar-refractivity contribution >= 4 is 5.95 Å². The Morgan fingerprint density at radius 1 is 1.38 bits per heavy atom. The normalized spacial score (nSPS) is 10.4. The maximum Gasteiger partial charge on any atom is 0.225 e. The second kappa shape index (κ2) is 4.76. The zero-order chi connectivity index (χ0) is 11.4. The molecule has 3 N–H and O–H groups in total. The van der Waals surface area contributed by atoms with Gasteiger partial charge in [0.2, 0.25) is 5.95 Å². The molecule has 2 aromatic heterocycles. The Balaban J connectivity index is 2.16. The van der Waals surface area contributed by atoms with Crippen molar-refractivity contribution in [3.05, 3.63) is 30.7 Å². The second-order valence-electron chi connectivity index (χ2n) is 3.57. The predicted molar refractivity (Wildman–Crippen MR) is 64.1 cm³/mol. The average molecular weight is 217 g/mol. The number of nitrogens with zero attached hydrogens (tertiary/aromatic N) is 3. The van der Waals surface area contributed by atoms with Gasteiger partial charge in [0.1, 0.15) is 0 Å². The van der Waals surface area contributed by atoms with E-state index in [1.165, 1.54) is 0 Å². The van der Waals surface area contributed by atoms with Gasteiger partial charge in [-0.25, -0.2) is 9.97 Å². The van der Waals surface area contributed by atoms with Gasteiger partial charge < -0.3 is 15.6 Å². The van der Waals surface area contributed by atoms with Crippen molar-refractivity contribution in [3.8, 4) is 11.3 Å². The molecule has 0 amide bonds. The van der Waals surface area contributed by atoms with E-state index in [0.717, 1.165) is 17.8 Å². The summed E-state index contributed by atoms with van der Waals surface area (Å²) in [5.41, 5.74) is 7.47. The van der Waals surface area contributed by atoms with Crippen molar-refractivity contribution in [2.75, 3.05) is 25.0 Å². The Bertz CT molecular complexity index is 420. The van der Waals surface area contributed by atoms with E-state index in [2.05, 4.69) is 15.0 Å². The van der Waals surface area contributed by atoms with E-state index in [1.807, 2.05) is 30.3 Å². The number of nitrogens with two attached hydrogens (primary N) is 1. The molecule has 0 radical (unpaired) electrons. The lowest BCUT2D eigenvalue weighted by molar-refractivity contribution is 0.846. The standard InChI is InChI=1S/C11H15N5/c1-16(6-4-12)11-14-7-9(8-15-11)10-3-2-5-13-10/h2-3,5,7-8,13H,4,6,12H2,1H3. The molecular weight excluding hydrogens is 202 g/mol. The number of aromatic nitrogens is 3. The molecule has 84 valence electrons. The first-order valence-electron chi connectivity index (χ1n) is 5.18. The van der Waals surface area contributed by atoms with Crippen LogP contribution >= 0.6 is 0 Å². The van der Waals surface area contributed by atoms with Gasteiger partial charge in [-0.05, 0) is 12.1 Å². The van der Waals surface area contributed by atoms with E-state index in [9.17, 15) is 0 Å². The zero-order valence-electron chi connectivity index (χ0n) is 9.22. The molecule has 5 heteroatoms. The van der Waals surface area contributed by atoms with Gasteiger partial charge in [0, 0.05) is 50.0 Å². The summed E-state index contributed by atoms with van der Waals surface area (Å²) in [5.74, 6) is 0.695. The van der Waals surface area contributed by atoms with Crippen LogP contribution in [0.25, 0.3) is 11.3 Å². The first-order valence-corrected chi connectivity index (χ1v) is 5.18. The first-order chi connectivity index (χ1) is 7.81. The third-order valence-corrected chi connectivity index (χ3v) is 2.35. The fourth-order valence-corrected chi connectivity index (χ4v) is 1.46. The number of likely N-dealkylation sites (N-methyl/N-ethyl adjacent to an activating group) is 1. The molecule has 0 spiro atoms. The number of hydrogen-bond acceptors (Lipinski definition) is 4. The second-order valence-corrected chi connectivity index (χ2v) is 3.57. The summed E-state index contributed by atoms with van der Waals surface area (Å²) in [6.45, 7) is 1.35. The van der Waals surface area contributed by atoms with Gasteiger partial charge in [0.25, 0.3) is 0 Å². The third kappa shape index (κ3) is 2.20. The molecule has 0 aliphatic carbocycles. The van der Waals surface area contributed by atoms with Crippen molar-refractivity contribution < 1.29 is 0 Å². The first kappa shape index (κ1) is 10.6. The number of nitrogens with one attached hydrogen (secondary N) is 1. The minimum absolute atomic E-state index is 0.595. The van der Waals surface area contributed by atoms with E-state index >= 15 is 0 Å². The van der Waals surface area contributed by atoms with E-state index in [1.54, 1.807) is 12.4 Å². The summed E-state index contributed by atoms with van der Waals surface area (Å²) in [7, 11) is 1.93. The van der Waals surface area contributed by atoms with Gasteiger partial charge in [0.15, 0.2) is 0 Å². The van der Waals surface area contributed by atoms with Crippen LogP contribution in [0.1, 0.15) is 0 Å². The van der Waals surface area contributed by atoms with E-state index in [-0.39, 0.29) is 0 Å². The van der Waals surface area contributed by atoms with Gasteiger partial charge in [-0.2, -0.15) is 0 Å². The highest BCUT2D eigenvalue weighted by atomic mass is 15.2. The number of anilines is 1. The topological polar surface area (TPSA) is 70.8 Å². The number of rotatable bonds is 4. The Kier molecular flexibility index (Phi) is 3.16. The van der Waals surface area contributed by atoms with Crippen LogP contribution in [0.4, 0.5) is 5.95 Å². The van der Waals surface area contributed by atoms with E-state index < -0.39 is 0 Å². The Morgan fingerprint density at radius 3 is 2.69 bits per heavy atom. The predicted octanol–water partition coefficient (Wildman–Crippen LogP) is 0.867. The number of aromatic amines is 1. The lowest BCUT2D eigenvalue weighted by Crippen LogP contribution is -2.26. The molecule has 0 aliphatic rings. The highest BCUT2D eigenvalue weighted by Crippen LogP contribution is 2.15. The average Bonchev–Trinajstić information content (AvgIpc) is 2.83. The van der Waals surface area contributed by atoms with E-state index in [0.29, 0.717) is 12.5 Å². The molecule has 0 aliphatic heterocycles. The smallest absolute Gasteiger partial charge is 0.225 e. The van der Waals surface area contributed by atoms with Crippen molar-refractivity contribution in [3.63, 3.8) is 0 Å². The van der Waals surface area contributed by atoms with Crippen LogP contribution < -0.4 is 10.6 Å². The lowest BCUT2D eigenvalue weighted by atomic mass is 10.2. The maximum absolute atomic E-state index is 5.47. The van der Waals surface area contributed by atoms with Crippen LogP contribution in [-0.4, -0.2) is 35.1 Å². The molecule has 2 heterocycles. The highest BCUT2D eigenvalue weighted by Gasteiger charge is 2.04. The quantitative estimate of drug-likeness (QED) is 0.797. The maximum atomic E-state index is 5.47. The van der Waals surface area contributed by atoms with Crippen LogP contribution in [0.2, 0.25) is 0 Å². The fourth-order valence-electron chi connectivity index (χ4n) is 1.46. The molecule has 2 rings (SSSR count). The lowest BCUT2D eigenvalue weighted by Gasteiger charge is -2.15. The molecule has 2 aromatic rings. The summed E-state index contributed by atoms with van der Waals surface area (Å²) < 4.78 is 0. The highest BCUT2D eigenvalue weighted by molar-refractivity contribution is 5.57. The molecule has 0 atom stereocenters. The summed E-state index contributed by atoms with van der Waals surface area (Å²) in [4.78, 5) is 13.6. The molecule has 0 bridgehead atoms. The molecular formula is C11H15N5. The Labute approximate surface area is 94.3 Å². The molecule has 0 fully saturated rings. The van der Waals surface area contributed by atoms with Crippen molar-refractivity contribution in [1.29, 1.82) is 0 Å². The molecule has 0 aromatic carbocycles. The summed E-state index contributed by atoms with van der Waals surface area (Å²) in [6.07, 6.45) is 5.49. The zero-order valence-corrected chi connectivity index (χ0v) is 9.22. The van der Waals surface area contributed by atoms with Crippen molar-refractivity contribution in [2.45, 2.75) is 0 Å². The molecule has 0 saturated heterocycles. The molecule has 16 heavy (non-hydrogen) atoms. The van der Waals surface area contributed by atoms with Gasteiger partial charge in [-0.3, -0.25) is 0 Å². The van der Waals surface area contributed by atoms with Crippen LogP contribution in [-0.2, 0) is 0 Å². The molecule has 0 unspecified atom stereocenters. The van der Waals surface area contributed by atoms with Crippen molar-refractivity contribution in [1.82, 2.24) is 15.0 Å². The Hall–Kier alpha value is -1.88. The Morgan fingerprint density at radius 2 is 2.12 bits per heavy atom. The number of hydrogen-bond donors (Lipinski definition) is 2. The van der Waals surface area contributed by atoms with Crippen LogP contribution in [0.15, 0.2) is 30.7 Å². The van der Waals surface area contributed by atoms with Gasteiger partial charge in [-0.1, -0.05) is 0 Å². The third-order valence-electron chi connectivity index (χ3n) is 2.35. The monoisotopic (exact) mass is 217 g/mol. The van der Waals surface area contributed by atoms with E-state index in [4.69, 9.17) is 5.73 Å². The SMILES string of the molecule is CN(CCN)c1ncc(-c2ccc[nH]2)cn1.